The van der Waals surface area contributed by atoms with Crippen molar-refractivity contribution in [2.24, 2.45) is 0 Å². The van der Waals surface area contributed by atoms with Crippen molar-refractivity contribution in [1.29, 1.82) is 0 Å². The van der Waals surface area contributed by atoms with Crippen molar-refractivity contribution in [3.05, 3.63) is 76.2 Å². The zero-order valence-corrected chi connectivity index (χ0v) is 18.7. The van der Waals surface area contributed by atoms with Crippen LogP contribution < -0.4 is 10.1 Å². The molecule has 1 aliphatic rings. The lowest BCUT2D eigenvalue weighted by molar-refractivity contribution is -0.127. The van der Waals surface area contributed by atoms with E-state index in [0.717, 1.165) is 33.0 Å². The second-order valence-electron chi connectivity index (χ2n) is 6.93. The molecule has 1 saturated heterocycles. The maximum Gasteiger partial charge on any atom is 0.294 e. The number of nitrogens with zero attached hydrogens (tertiary/aromatic N) is 1. The molecule has 32 heavy (non-hydrogen) atoms. The number of nitrogens with one attached hydrogen (secondary N) is 1. The Labute approximate surface area is 194 Å². The van der Waals surface area contributed by atoms with E-state index in [1.165, 1.54) is 0 Å². The largest absolute Gasteiger partial charge is 0.493 e. The third kappa shape index (κ3) is 4.49. The van der Waals surface area contributed by atoms with Gasteiger partial charge >= 0.3 is 0 Å². The number of carbonyl (C=O) groups excluding carboxylic acids is 3. The molecule has 0 bridgehead atoms. The molecule has 1 aliphatic heterocycles. The molecule has 3 aromatic rings. The predicted molar refractivity (Wildman–Crippen MR) is 128 cm³/mol. The van der Waals surface area contributed by atoms with Gasteiger partial charge in [0.2, 0.25) is 5.91 Å². The second-order valence-corrected chi connectivity index (χ2v) is 8.33. The van der Waals surface area contributed by atoms with Gasteiger partial charge in [-0.25, -0.2) is 0 Å². The minimum atomic E-state index is -0.523. The van der Waals surface area contributed by atoms with Gasteiger partial charge in [0.1, 0.15) is 12.3 Å². The first kappa shape index (κ1) is 21.9. The van der Waals surface area contributed by atoms with Crippen LogP contribution in [-0.4, -0.2) is 35.1 Å². The molecule has 0 unspecified atom stereocenters. The van der Waals surface area contributed by atoms with E-state index >= 15 is 0 Å². The summed E-state index contributed by atoms with van der Waals surface area (Å²) in [6.07, 6.45) is 1.66. The Morgan fingerprint density at radius 3 is 2.62 bits per heavy atom. The Morgan fingerprint density at radius 2 is 1.84 bits per heavy atom. The van der Waals surface area contributed by atoms with Gasteiger partial charge in [0.25, 0.3) is 11.1 Å². The van der Waals surface area contributed by atoms with Gasteiger partial charge in [-0.3, -0.25) is 19.3 Å². The fourth-order valence-corrected chi connectivity index (χ4v) is 4.37. The van der Waals surface area contributed by atoms with Crippen molar-refractivity contribution in [2.75, 3.05) is 18.5 Å². The van der Waals surface area contributed by atoms with Crippen molar-refractivity contribution in [1.82, 2.24) is 4.90 Å². The molecular weight excluding hydrogens is 448 g/mol. The number of rotatable bonds is 6. The molecule has 1 fully saturated rings. The van der Waals surface area contributed by atoms with Crippen LogP contribution in [0.5, 0.6) is 5.75 Å². The number of carbonyl (C=O) groups is 3. The molecule has 0 spiro atoms. The number of anilines is 1. The minimum absolute atomic E-state index is 0.234. The monoisotopic (exact) mass is 466 g/mol. The van der Waals surface area contributed by atoms with Gasteiger partial charge in [-0.1, -0.05) is 54.1 Å². The number of thioether (sulfide) groups is 1. The van der Waals surface area contributed by atoms with Gasteiger partial charge in [-0.05, 0) is 53.7 Å². The number of para-hydroxylation sites is 1. The molecule has 0 aromatic heterocycles. The summed E-state index contributed by atoms with van der Waals surface area (Å²) in [6, 6.07) is 18.3. The van der Waals surface area contributed by atoms with Crippen molar-refractivity contribution in [3.63, 3.8) is 0 Å². The van der Waals surface area contributed by atoms with Crippen molar-refractivity contribution < 1.29 is 19.1 Å². The number of halogens is 1. The van der Waals surface area contributed by atoms with Gasteiger partial charge in [0.15, 0.2) is 0 Å². The van der Waals surface area contributed by atoms with Crippen LogP contribution in [0.1, 0.15) is 12.5 Å². The second kappa shape index (κ2) is 9.46. The highest BCUT2D eigenvalue weighted by atomic mass is 35.5. The average Bonchev–Trinajstić information content (AvgIpc) is 3.04. The summed E-state index contributed by atoms with van der Waals surface area (Å²) in [7, 11) is 0. The summed E-state index contributed by atoms with van der Waals surface area (Å²) < 4.78 is 5.75. The molecule has 162 valence electrons. The van der Waals surface area contributed by atoms with E-state index in [1.807, 2.05) is 43.3 Å². The molecule has 3 aromatic carbocycles. The third-order valence-electron chi connectivity index (χ3n) is 4.83. The van der Waals surface area contributed by atoms with Crippen molar-refractivity contribution in [2.45, 2.75) is 6.92 Å². The van der Waals surface area contributed by atoms with Crippen LogP contribution in [0.15, 0.2) is 65.6 Å². The predicted octanol–water partition coefficient (Wildman–Crippen LogP) is 5.57. The summed E-state index contributed by atoms with van der Waals surface area (Å²) >= 11 is 6.86. The van der Waals surface area contributed by atoms with Gasteiger partial charge in [0.05, 0.1) is 22.2 Å². The Kier molecular flexibility index (Phi) is 6.48. The molecule has 0 saturated carbocycles. The molecule has 4 rings (SSSR count). The zero-order chi connectivity index (χ0) is 22.7. The molecule has 0 radical (unpaired) electrons. The molecular formula is C24H19ClN2O4S. The SMILES string of the molecule is CCOc1ccc2ccccc2c1/C=C1/SC(=O)N(CC(=O)Nc2ccccc2Cl)C1=O. The maximum atomic E-state index is 12.9. The molecule has 1 N–H and O–H groups in total. The van der Waals surface area contributed by atoms with Crippen LogP contribution >= 0.6 is 23.4 Å². The number of fused-ring (bicyclic) bond motifs is 1. The Morgan fingerprint density at radius 1 is 1.09 bits per heavy atom. The summed E-state index contributed by atoms with van der Waals surface area (Å²) in [5.74, 6) is -0.416. The van der Waals surface area contributed by atoms with Gasteiger partial charge in [-0.15, -0.1) is 0 Å². The van der Waals surface area contributed by atoms with Crippen molar-refractivity contribution in [3.8, 4) is 5.75 Å². The number of hydrogen-bond donors (Lipinski definition) is 1. The molecule has 6 nitrogen and oxygen atoms in total. The van der Waals surface area contributed by atoms with E-state index < -0.39 is 23.6 Å². The van der Waals surface area contributed by atoms with Crippen LogP contribution in [0.2, 0.25) is 5.02 Å². The van der Waals surface area contributed by atoms with Crippen LogP contribution in [0, 0.1) is 0 Å². The lowest BCUT2D eigenvalue weighted by Gasteiger charge is -2.13. The van der Waals surface area contributed by atoms with Gasteiger partial charge in [-0.2, -0.15) is 0 Å². The number of hydrogen-bond acceptors (Lipinski definition) is 5. The summed E-state index contributed by atoms with van der Waals surface area (Å²) in [5, 5.41) is 4.38. The highest BCUT2D eigenvalue weighted by Gasteiger charge is 2.36. The van der Waals surface area contributed by atoms with E-state index in [-0.39, 0.29) is 4.91 Å². The standard InChI is InChI=1S/C24H19ClN2O4S/c1-2-31-20-12-11-15-7-3-4-8-16(15)17(20)13-21-23(29)27(24(30)32-21)14-22(28)26-19-10-6-5-9-18(19)25/h3-13H,2,14H2,1H3,(H,26,28)/b21-13+. The highest BCUT2D eigenvalue weighted by Crippen LogP contribution is 2.36. The summed E-state index contributed by atoms with van der Waals surface area (Å²) in [4.78, 5) is 39.0. The lowest BCUT2D eigenvalue weighted by Crippen LogP contribution is -2.36. The van der Waals surface area contributed by atoms with E-state index in [0.29, 0.717) is 23.1 Å². The first-order valence-corrected chi connectivity index (χ1v) is 11.1. The fourth-order valence-electron chi connectivity index (χ4n) is 3.37. The van der Waals surface area contributed by atoms with Crippen LogP contribution in [0.4, 0.5) is 10.5 Å². The first-order valence-electron chi connectivity index (χ1n) is 9.92. The average molecular weight is 467 g/mol. The molecule has 1 heterocycles. The molecule has 0 aliphatic carbocycles. The molecule has 3 amide bonds. The number of imide groups is 1. The maximum absolute atomic E-state index is 12.9. The lowest BCUT2D eigenvalue weighted by atomic mass is 10.0. The Balaban J connectivity index is 1.60. The first-order chi connectivity index (χ1) is 15.5. The van der Waals surface area contributed by atoms with E-state index in [9.17, 15) is 14.4 Å². The van der Waals surface area contributed by atoms with Crippen LogP contribution in [-0.2, 0) is 9.59 Å². The Bertz CT molecular complexity index is 1260. The minimum Gasteiger partial charge on any atom is -0.493 e. The third-order valence-corrected chi connectivity index (χ3v) is 6.07. The molecule has 0 atom stereocenters. The number of amides is 3. The number of benzene rings is 3. The van der Waals surface area contributed by atoms with Gasteiger partial charge < -0.3 is 10.1 Å². The highest BCUT2D eigenvalue weighted by molar-refractivity contribution is 8.18. The fraction of sp³-hybridized carbons (Fsp3) is 0.125. The summed E-state index contributed by atoms with van der Waals surface area (Å²) in [6.45, 7) is 1.94. The molecule has 8 heteroatoms. The van der Waals surface area contributed by atoms with Crippen LogP contribution in [0.3, 0.4) is 0 Å². The van der Waals surface area contributed by atoms with Crippen LogP contribution in [0.25, 0.3) is 16.8 Å². The van der Waals surface area contributed by atoms with Gasteiger partial charge in [0, 0.05) is 5.56 Å². The topological polar surface area (TPSA) is 75.7 Å². The summed E-state index contributed by atoms with van der Waals surface area (Å²) in [5.41, 5.74) is 1.13. The quantitative estimate of drug-likeness (QED) is 0.481. The number of ether oxygens (including phenoxy) is 1. The normalized spacial score (nSPS) is 14.9. The smallest absolute Gasteiger partial charge is 0.294 e. The van der Waals surface area contributed by atoms with E-state index in [1.54, 1.807) is 30.3 Å². The van der Waals surface area contributed by atoms with E-state index in [4.69, 9.17) is 16.3 Å². The Hall–Kier alpha value is -3.29. The van der Waals surface area contributed by atoms with Crippen molar-refractivity contribution >= 4 is 63.0 Å². The zero-order valence-electron chi connectivity index (χ0n) is 17.1. The van der Waals surface area contributed by atoms with E-state index in [2.05, 4.69) is 5.32 Å².